The van der Waals surface area contributed by atoms with Crippen LogP contribution >= 0.6 is 12.4 Å². The molecule has 6 nitrogen and oxygen atoms in total. The number of amides is 1. The highest BCUT2D eigenvalue weighted by atomic mass is 35.5. The van der Waals surface area contributed by atoms with Gasteiger partial charge in [0.15, 0.2) is 0 Å². The molecule has 0 aliphatic carbocycles. The second kappa shape index (κ2) is 8.82. The number of nitrogens with zero attached hydrogens (tertiary/aromatic N) is 1. The fraction of sp³-hybridized carbons (Fsp3) is 0.412. The summed E-state index contributed by atoms with van der Waals surface area (Å²) >= 11 is 0. The normalized spacial score (nSPS) is 15.0. The largest absolute Gasteiger partial charge is 0.422 e. The van der Waals surface area contributed by atoms with E-state index in [2.05, 4.69) is 15.5 Å². The molecule has 0 atom stereocenters. The lowest BCUT2D eigenvalue weighted by molar-refractivity contribution is 0.0947. The summed E-state index contributed by atoms with van der Waals surface area (Å²) in [6.07, 6.45) is 0.866. The Morgan fingerprint density at radius 1 is 1.25 bits per heavy atom. The van der Waals surface area contributed by atoms with Crippen LogP contribution in [0.4, 0.5) is 0 Å². The Kier molecular flexibility index (Phi) is 6.78. The number of hydrogen-bond donors (Lipinski definition) is 2. The van der Waals surface area contributed by atoms with Crippen LogP contribution in [-0.4, -0.2) is 50.1 Å². The second-order valence-electron chi connectivity index (χ2n) is 5.69. The summed E-state index contributed by atoms with van der Waals surface area (Å²) in [5.41, 5.74) is -0.0399. The Bertz CT molecular complexity index is 741. The van der Waals surface area contributed by atoms with Crippen molar-refractivity contribution in [3.8, 4) is 0 Å². The van der Waals surface area contributed by atoms with Crippen molar-refractivity contribution in [3.63, 3.8) is 0 Å². The maximum atomic E-state index is 12.2. The van der Waals surface area contributed by atoms with Gasteiger partial charge in [0, 0.05) is 38.1 Å². The van der Waals surface area contributed by atoms with Crippen molar-refractivity contribution in [2.45, 2.75) is 6.42 Å². The Hall–Kier alpha value is -1.89. The Morgan fingerprint density at radius 3 is 2.79 bits per heavy atom. The van der Waals surface area contributed by atoms with Crippen molar-refractivity contribution >= 4 is 29.3 Å². The molecular formula is C17H22ClN3O3. The van der Waals surface area contributed by atoms with Gasteiger partial charge in [0.05, 0.1) is 0 Å². The zero-order chi connectivity index (χ0) is 16.1. The quantitative estimate of drug-likeness (QED) is 0.626. The van der Waals surface area contributed by atoms with Gasteiger partial charge in [-0.2, -0.15) is 0 Å². The highest BCUT2D eigenvalue weighted by Crippen LogP contribution is 2.12. The first kappa shape index (κ1) is 18.4. The van der Waals surface area contributed by atoms with E-state index in [0.717, 1.165) is 44.5 Å². The summed E-state index contributed by atoms with van der Waals surface area (Å²) in [7, 11) is 0. The molecule has 0 saturated carbocycles. The van der Waals surface area contributed by atoms with E-state index in [1.807, 2.05) is 12.1 Å². The molecule has 1 aromatic carbocycles. The van der Waals surface area contributed by atoms with Crippen LogP contribution in [0.2, 0.25) is 0 Å². The van der Waals surface area contributed by atoms with Crippen molar-refractivity contribution in [3.05, 3.63) is 46.3 Å². The third-order valence-electron chi connectivity index (χ3n) is 4.03. The van der Waals surface area contributed by atoms with Crippen LogP contribution in [-0.2, 0) is 0 Å². The van der Waals surface area contributed by atoms with E-state index in [-0.39, 0.29) is 23.9 Å². The Morgan fingerprint density at radius 2 is 2.00 bits per heavy atom. The highest BCUT2D eigenvalue weighted by Gasteiger charge is 2.13. The fourth-order valence-corrected chi connectivity index (χ4v) is 2.75. The number of halogens is 1. The molecule has 3 rings (SSSR count). The van der Waals surface area contributed by atoms with Gasteiger partial charge in [0.2, 0.25) is 0 Å². The van der Waals surface area contributed by atoms with Crippen LogP contribution in [0.25, 0.3) is 11.0 Å². The number of piperazine rings is 1. The number of carbonyl (C=O) groups excluding carboxylic acids is 1. The smallest absolute Gasteiger partial charge is 0.349 e. The topological polar surface area (TPSA) is 74.6 Å². The summed E-state index contributed by atoms with van der Waals surface area (Å²) in [5.74, 6) is -0.371. The lowest BCUT2D eigenvalue weighted by Gasteiger charge is -2.27. The minimum absolute atomic E-state index is 0. The molecule has 1 aromatic heterocycles. The number of para-hydroxylation sites is 1. The molecule has 1 amide bonds. The molecule has 2 aromatic rings. The van der Waals surface area contributed by atoms with Crippen molar-refractivity contribution in [1.82, 2.24) is 15.5 Å². The summed E-state index contributed by atoms with van der Waals surface area (Å²) in [4.78, 5) is 26.4. The van der Waals surface area contributed by atoms with E-state index in [1.165, 1.54) is 0 Å². The van der Waals surface area contributed by atoms with E-state index < -0.39 is 5.63 Å². The van der Waals surface area contributed by atoms with Crippen molar-refractivity contribution in [2.75, 3.05) is 39.3 Å². The molecule has 0 unspecified atom stereocenters. The molecule has 130 valence electrons. The van der Waals surface area contributed by atoms with Crippen LogP contribution in [0.3, 0.4) is 0 Å². The van der Waals surface area contributed by atoms with Crippen LogP contribution in [0.15, 0.2) is 39.5 Å². The highest BCUT2D eigenvalue weighted by molar-refractivity contribution is 5.96. The van der Waals surface area contributed by atoms with Crippen LogP contribution in [0.1, 0.15) is 16.8 Å². The number of carbonyl (C=O) groups is 1. The van der Waals surface area contributed by atoms with Gasteiger partial charge in [-0.25, -0.2) is 4.79 Å². The standard InChI is InChI=1S/C17H21N3O3.ClH/c21-16(19-6-3-9-20-10-7-18-8-11-20)14-12-13-4-1-2-5-15(13)23-17(14)22;/h1-2,4-5,12,18H,3,6-11H2,(H,19,21);1H. The summed E-state index contributed by atoms with van der Waals surface area (Å²) in [5, 5.41) is 6.86. The molecule has 7 heteroatoms. The lowest BCUT2D eigenvalue weighted by Crippen LogP contribution is -2.44. The molecule has 24 heavy (non-hydrogen) atoms. The first-order chi connectivity index (χ1) is 11.2. The number of fused-ring (bicyclic) bond motifs is 1. The average molecular weight is 352 g/mol. The third-order valence-corrected chi connectivity index (χ3v) is 4.03. The summed E-state index contributed by atoms with van der Waals surface area (Å²) in [6, 6.07) is 8.76. The SMILES string of the molecule is Cl.O=C(NCCCN1CCNCC1)c1cc2ccccc2oc1=O. The van der Waals surface area contributed by atoms with Gasteiger partial charge < -0.3 is 20.0 Å². The molecule has 0 radical (unpaired) electrons. The van der Waals surface area contributed by atoms with Gasteiger partial charge >= 0.3 is 5.63 Å². The lowest BCUT2D eigenvalue weighted by atomic mass is 10.2. The van der Waals surface area contributed by atoms with Gasteiger partial charge in [-0.15, -0.1) is 12.4 Å². The van der Waals surface area contributed by atoms with Crippen molar-refractivity contribution < 1.29 is 9.21 Å². The number of nitrogens with one attached hydrogen (secondary N) is 2. The zero-order valence-corrected chi connectivity index (χ0v) is 14.2. The van der Waals surface area contributed by atoms with Crippen molar-refractivity contribution in [2.24, 2.45) is 0 Å². The second-order valence-corrected chi connectivity index (χ2v) is 5.69. The maximum absolute atomic E-state index is 12.2. The summed E-state index contributed by atoms with van der Waals surface area (Å²) < 4.78 is 5.18. The minimum atomic E-state index is -0.594. The van der Waals surface area contributed by atoms with Crippen molar-refractivity contribution in [1.29, 1.82) is 0 Å². The first-order valence-corrected chi connectivity index (χ1v) is 7.98. The summed E-state index contributed by atoms with van der Waals surface area (Å²) in [6.45, 7) is 5.63. The number of rotatable bonds is 5. The Labute approximate surface area is 146 Å². The first-order valence-electron chi connectivity index (χ1n) is 7.98. The molecule has 1 saturated heterocycles. The van der Waals surface area contributed by atoms with Crippen LogP contribution in [0, 0.1) is 0 Å². The molecule has 0 spiro atoms. The molecule has 1 aliphatic rings. The number of benzene rings is 1. The predicted molar refractivity (Wildman–Crippen MR) is 96.0 cm³/mol. The molecule has 0 bridgehead atoms. The van der Waals surface area contributed by atoms with E-state index in [1.54, 1.807) is 18.2 Å². The average Bonchev–Trinajstić information content (AvgIpc) is 2.59. The maximum Gasteiger partial charge on any atom is 0.349 e. The van der Waals surface area contributed by atoms with E-state index in [0.29, 0.717) is 12.1 Å². The van der Waals surface area contributed by atoms with Gasteiger partial charge in [-0.3, -0.25) is 4.79 Å². The van der Waals surface area contributed by atoms with Gasteiger partial charge in [-0.1, -0.05) is 18.2 Å². The third kappa shape index (κ3) is 4.56. The van der Waals surface area contributed by atoms with Gasteiger partial charge in [-0.05, 0) is 25.1 Å². The fourth-order valence-electron chi connectivity index (χ4n) is 2.75. The molecule has 2 heterocycles. The zero-order valence-electron chi connectivity index (χ0n) is 13.4. The minimum Gasteiger partial charge on any atom is -0.422 e. The van der Waals surface area contributed by atoms with Gasteiger partial charge in [0.25, 0.3) is 5.91 Å². The molecule has 1 aliphatic heterocycles. The monoisotopic (exact) mass is 351 g/mol. The molecular weight excluding hydrogens is 330 g/mol. The number of hydrogen-bond acceptors (Lipinski definition) is 5. The van der Waals surface area contributed by atoms with Crippen LogP contribution in [0.5, 0.6) is 0 Å². The van der Waals surface area contributed by atoms with E-state index in [9.17, 15) is 9.59 Å². The molecule has 1 fully saturated rings. The van der Waals surface area contributed by atoms with Gasteiger partial charge in [0.1, 0.15) is 11.1 Å². The van der Waals surface area contributed by atoms with E-state index in [4.69, 9.17) is 4.42 Å². The van der Waals surface area contributed by atoms with E-state index >= 15 is 0 Å². The van der Waals surface area contributed by atoms with Crippen LogP contribution < -0.4 is 16.3 Å². The predicted octanol–water partition coefficient (Wildman–Crippen LogP) is 1.24. The Balaban J connectivity index is 0.00000208. The molecule has 2 N–H and O–H groups in total.